The molecule has 2 aromatic carbocycles. The SMILES string of the molecule is Cc1ccc(C(F)F)c(Oc2ccccc2)c1. The highest BCUT2D eigenvalue weighted by Crippen LogP contribution is 2.32. The highest BCUT2D eigenvalue weighted by molar-refractivity contribution is 5.41. The van der Waals surface area contributed by atoms with Gasteiger partial charge in [0.05, 0.1) is 5.56 Å². The molecule has 1 nitrogen and oxygen atoms in total. The molecule has 0 saturated heterocycles. The van der Waals surface area contributed by atoms with Crippen LogP contribution in [0.1, 0.15) is 17.6 Å². The third-order valence-electron chi connectivity index (χ3n) is 2.38. The van der Waals surface area contributed by atoms with Crippen LogP contribution in [0.4, 0.5) is 8.78 Å². The molecule has 0 amide bonds. The molecule has 0 radical (unpaired) electrons. The summed E-state index contributed by atoms with van der Waals surface area (Å²) in [6.07, 6.45) is -2.53. The number of rotatable bonds is 3. The Labute approximate surface area is 98.7 Å². The Kier molecular flexibility index (Phi) is 3.38. The van der Waals surface area contributed by atoms with E-state index in [1.54, 1.807) is 36.4 Å². The summed E-state index contributed by atoms with van der Waals surface area (Å²) in [5.41, 5.74) is 0.805. The molecule has 0 aliphatic carbocycles. The molecule has 0 aliphatic rings. The van der Waals surface area contributed by atoms with Crippen LogP contribution in [0, 0.1) is 6.92 Å². The van der Waals surface area contributed by atoms with Crippen molar-refractivity contribution in [3.8, 4) is 11.5 Å². The molecule has 0 spiro atoms. The summed E-state index contributed by atoms with van der Waals surface area (Å²) in [6, 6.07) is 13.6. The van der Waals surface area contributed by atoms with E-state index < -0.39 is 6.43 Å². The van der Waals surface area contributed by atoms with E-state index in [2.05, 4.69) is 0 Å². The first kappa shape index (κ1) is 11.6. The molecule has 0 aromatic heterocycles. The number of aryl methyl sites for hydroxylation is 1. The van der Waals surface area contributed by atoms with Crippen LogP contribution in [-0.4, -0.2) is 0 Å². The van der Waals surface area contributed by atoms with E-state index in [9.17, 15) is 8.78 Å². The van der Waals surface area contributed by atoms with Crippen LogP contribution in [0.25, 0.3) is 0 Å². The number of benzene rings is 2. The molecule has 2 rings (SSSR count). The summed E-state index contributed by atoms with van der Waals surface area (Å²) in [6.45, 7) is 1.84. The minimum Gasteiger partial charge on any atom is -0.457 e. The van der Waals surface area contributed by atoms with Crippen LogP contribution in [0.2, 0.25) is 0 Å². The summed E-state index contributed by atoms with van der Waals surface area (Å²) in [5, 5.41) is 0. The third-order valence-corrected chi connectivity index (χ3v) is 2.38. The largest absolute Gasteiger partial charge is 0.457 e. The summed E-state index contributed by atoms with van der Waals surface area (Å²) in [4.78, 5) is 0. The second-order valence-electron chi connectivity index (χ2n) is 3.76. The van der Waals surface area contributed by atoms with Crippen molar-refractivity contribution in [3.63, 3.8) is 0 Å². The van der Waals surface area contributed by atoms with Crippen LogP contribution in [0.5, 0.6) is 11.5 Å². The van der Waals surface area contributed by atoms with Crippen LogP contribution in [0.15, 0.2) is 48.5 Å². The van der Waals surface area contributed by atoms with E-state index in [0.717, 1.165) is 5.56 Å². The van der Waals surface area contributed by atoms with E-state index in [1.165, 1.54) is 6.07 Å². The maximum atomic E-state index is 12.8. The number of hydrogen-bond donors (Lipinski definition) is 0. The molecule has 0 bridgehead atoms. The van der Waals surface area contributed by atoms with Crippen molar-refractivity contribution >= 4 is 0 Å². The maximum absolute atomic E-state index is 12.8. The van der Waals surface area contributed by atoms with Crippen molar-refractivity contribution in [2.24, 2.45) is 0 Å². The van der Waals surface area contributed by atoms with Crippen molar-refractivity contribution in [2.75, 3.05) is 0 Å². The number of halogens is 2. The lowest BCUT2D eigenvalue weighted by Crippen LogP contribution is -1.93. The number of ether oxygens (including phenoxy) is 1. The van der Waals surface area contributed by atoms with Crippen molar-refractivity contribution in [1.29, 1.82) is 0 Å². The van der Waals surface area contributed by atoms with Gasteiger partial charge >= 0.3 is 0 Å². The van der Waals surface area contributed by atoms with Crippen LogP contribution in [0.3, 0.4) is 0 Å². The van der Waals surface area contributed by atoms with Gasteiger partial charge in [-0.05, 0) is 36.8 Å². The van der Waals surface area contributed by atoms with Gasteiger partial charge in [-0.25, -0.2) is 8.78 Å². The average molecular weight is 234 g/mol. The van der Waals surface area contributed by atoms with Gasteiger partial charge in [0.1, 0.15) is 11.5 Å². The van der Waals surface area contributed by atoms with Gasteiger partial charge in [0.25, 0.3) is 6.43 Å². The Bertz CT molecular complexity index is 495. The van der Waals surface area contributed by atoms with Crippen LogP contribution in [-0.2, 0) is 0 Å². The predicted molar refractivity (Wildman–Crippen MR) is 62.7 cm³/mol. The van der Waals surface area contributed by atoms with Gasteiger partial charge in [-0.1, -0.05) is 24.3 Å². The summed E-state index contributed by atoms with van der Waals surface area (Å²) < 4.78 is 31.0. The average Bonchev–Trinajstić information content (AvgIpc) is 2.30. The molecular formula is C14H12F2O. The molecule has 3 heteroatoms. The monoisotopic (exact) mass is 234 g/mol. The topological polar surface area (TPSA) is 9.23 Å². The van der Waals surface area contributed by atoms with Gasteiger partial charge in [0, 0.05) is 0 Å². The quantitative estimate of drug-likeness (QED) is 0.746. The Morgan fingerprint density at radius 1 is 1.00 bits per heavy atom. The molecule has 0 fully saturated rings. The summed E-state index contributed by atoms with van der Waals surface area (Å²) in [7, 11) is 0. The van der Waals surface area contributed by atoms with Gasteiger partial charge in [0.15, 0.2) is 0 Å². The summed E-state index contributed by atoms with van der Waals surface area (Å²) >= 11 is 0. The van der Waals surface area contributed by atoms with Gasteiger partial charge in [-0.15, -0.1) is 0 Å². The Morgan fingerprint density at radius 3 is 2.35 bits per heavy atom. The first-order chi connectivity index (χ1) is 8.16. The fraction of sp³-hybridized carbons (Fsp3) is 0.143. The van der Waals surface area contributed by atoms with E-state index in [1.807, 2.05) is 13.0 Å². The molecule has 88 valence electrons. The first-order valence-electron chi connectivity index (χ1n) is 5.28. The minimum absolute atomic E-state index is 0.0838. The fourth-order valence-electron chi connectivity index (χ4n) is 1.53. The lowest BCUT2D eigenvalue weighted by molar-refractivity contribution is 0.148. The molecule has 2 aromatic rings. The maximum Gasteiger partial charge on any atom is 0.267 e. The van der Waals surface area contributed by atoms with Crippen LogP contribution < -0.4 is 4.74 Å². The molecule has 0 atom stereocenters. The van der Waals surface area contributed by atoms with Gasteiger partial charge in [-0.2, -0.15) is 0 Å². The van der Waals surface area contributed by atoms with Gasteiger partial charge in [-0.3, -0.25) is 0 Å². The second-order valence-corrected chi connectivity index (χ2v) is 3.76. The number of hydrogen-bond acceptors (Lipinski definition) is 1. The first-order valence-corrected chi connectivity index (χ1v) is 5.28. The van der Waals surface area contributed by atoms with E-state index >= 15 is 0 Å². The second kappa shape index (κ2) is 4.95. The Hall–Kier alpha value is -1.90. The van der Waals surface area contributed by atoms with Crippen molar-refractivity contribution in [3.05, 3.63) is 59.7 Å². The zero-order valence-electron chi connectivity index (χ0n) is 9.36. The number of alkyl halides is 2. The zero-order valence-corrected chi connectivity index (χ0v) is 9.36. The standard InChI is InChI=1S/C14H12F2O/c1-10-7-8-12(14(15)16)13(9-10)17-11-5-3-2-4-6-11/h2-9,14H,1H3. The number of para-hydroxylation sites is 1. The highest BCUT2D eigenvalue weighted by atomic mass is 19.3. The molecule has 0 aliphatic heterocycles. The highest BCUT2D eigenvalue weighted by Gasteiger charge is 2.14. The van der Waals surface area contributed by atoms with Crippen molar-refractivity contribution < 1.29 is 13.5 Å². The molecule has 0 unspecified atom stereocenters. The molecule has 0 saturated carbocycles. The van der Waals surface area contributed by atoms with E-state index in [4.69, 9.17) is 4.74 Å². The third kappa shape index (κ3) is 2.81. The lowest BCUT2D eigenvalue weighted by atomic mass is 10.1. The van der Waals surface area contributed by atoms with E-state index in [0.29, 0.717) is 5.75 Å². The van der Waals surface area contributed by atoms with Crippen molar-refractivity contribution in [1.82, 2.24) is 0 Å². The smallest absolute Gasteiger partial charge is 0.267 e. The van der Waals surface area contributed by atoms with Gasteiger partial charge < -0.3 is 4.74 Å². The summed E-state index contributed by atoms with van der Waals surface area (Å²) in [5.74, 6) is 0.770. The Morgan fingerprint density at radius 2 is 1.71 bits per heavy atom. The van der Waals surface area contributed by atoms with Crippen molar-refractivity contribution in [2.45, 2.75) is 13.3 Å². The molecular weight excluding hydrogens is 222 g/mol. The van der Waals surface area contributed by atoms with Crippen LogP contribution >= 0.6 is 0 Å². The predicted octanol–water partition coefficient (Wildman–Crippen LogP) is 4.72. The molecule has 0 N–H and O–H groups in total. The fourth-order valence-corrected chi connectivity index (χ4v) is 1.53. The molecule has 17 heavy (non-hydrogen) atoms. The minimum atomic E-state index is -2.53. The normalized spacial score (nSPS) is 10.6. The Balaban J connectivity index is 2.34. The van der Waals surface area contributed by atoms with E-state index in [-0.39, 0.29) is 11.3 Å². The lowest BCUT2D eigenvalue weighted by Gasteiger charge is -2.11. The molecule has 0 heterocycles. The van der Waals surface area contributed by atoms with Gasteiger partial charge in [0.2, 0.25) is 0 Å². The zero-order chi connectivity index (χ0) is 12.3.